The number of nitrogen functional groups attached to an aromatic ring is 1. The van der Waals surface area contributed by atoms with Crippen molar-refractivity contribution >= 4 is 5.82 Å². The van der Waals surface area contributed by atoms with E-state index in [0.717, 1.165) is 23.4 Å². The highest BCUT2D eigenvalue weighted by Gasteiger charge is 2.16. The summed E-state index contributed by atoms with van der Waals surface area (Å²) >= 11 is 0. The van der Waals surface area contributed by atoms with Crippen molar-refractivity contribution in [2.45, 2.75) is 33.7 Å². The molecule has 0 atom stereocenters. The molecule has 94 valence electrons. The molecule has 2 heterocycles. The normalized spacial score (nSPS) is 10.6. The number of anilines is 1. The Hall–Kier alpha value is -2.22. The van der Waals surface area contributed by atoms with Gasteiger partial charge in [-0.05, 0) is 19.4 Å². The van der Waals surface area contributed by atoms with Crippen LogP contribution < -0.4 is 5.73 Å². The lowest BCUT2D eigenvalue weighted by molar-refractivity contribution is 0.446. The van der Waals surface area contributed by atoms with Gasteiger partial charge in [0.2, 0.25) is 5.89 Å². The summed E-state index contributed by atoms with van der Waals surface area (Å²) in [7, 11) is 0. The first-order valence-corrected chi connectivity index (χ1v) is 5.87. The Balaban J connectivity index is 2.38. The fraction of sp³-hybridized carbons (Fsp3) is 0.385. The smallest absolute Gasteiger partial charge is 0.214 e. The molecule has 2 rings (SSSR count). The summed E-state index contributed by atoms with van der Waals surface area (Å²) in [4.78, 5) is 4.20. The summed E-state index contributed by atoms with van der Waals surface area (Å²) < 4.78 is 7.42. The van der Waals surface area contributed by atoms with Crippen LogP contribution in [-0.2, 0) is 13.0 Å². The van der Waals surface area contributed by atoms with Gasteiger partial charge in [0.1, 0.15) is 24.2 Å². The van der Waals surface area contributed by atoms with Crippen molar-refractivity contribution in [2.24, 2.45) is 0 Å². The van der Waals surface area contributed by atoms with E-state index in [9.17, 15) is 0 Å². The monoisotopic (exact) mass is 244 g/mol. The highest BCUT2D eigenvalue weighted by molar-refractivity contribution is 5.57. The molecule has 2 aromatic heterocycles. The van der Waals surface area contributed by atoms with E-state index in [0.29, 0.717) is 23.8 Å². The first kappa shape index (κ1) is 12.2. The van der Waals surface area contributed by atoms with Crippen molar-refractivity contribution in [1.29, 1.82) is 5.26 Å². The number of nitrogens with zero attached hydrogens (tertiary/aromatic N) is 3. The second-order valence-electron chi connectivity index (χ2n) is 4.24. The molecule has 0 fully saturated rings. The Kier molecular flexibility index (Phi) is 3.11. The van der Waals surface area contributed by atoms with E-state index in [4.69, 9.17) is 15.4 Å². The molecule has 0 saturated carbocycles. The van der Waals surface area contributed by atoms with Crippen LogP contribution in [0.15, 0.2) is 10.6 Å². The van der Waals surface area contributed by atoms with Gasteiger partial charge in [0, 0.05) is 12.1 Å². The van der Waals surface area contributed by atoms with E-state index in [2.05, 4.69) is 11.1 Å². The molecular weight excluding hydrogens is 228 g/mol. The maximum atomic E-state index is 9.06. The van der Waals surface area contributed by atoms with Gasteiger partial charge >= 0.3 is 0 Å². The number of hydrogen-bond acceptors (Lipinski definition) is 4. The van der Waals surface area contributed by atoms with Crippen LogP contribution >= 0.6 is 0 Å². The number of hydrogen-bond donors (Lipinski definition) is 1. The molecule has 2 N–H and O–H groups in total. The summed E-state index contributed by atoms with van der Waals surface area (Å²) in [6, 6.07) is 2.13. The zero-order valence-corrected chi connectivity index (χ0v) is 10.8. The van der Waals surface area contributed by atoms with Crippen LogP contribution in [0, 0.1) is 25.2 Å². The molecule has 0 amide bonds. The molecule has 0 unspecified atom stereocenters. The van der Waals surface area contributed by atoms with Crippen LogP contribution in [0.1, 0.15) is 35.4 Å². The van der Waals surface area contributed by atoms with Crippen LogP contribution in [0.4, 0.5) is 5.82 Å². The molecular formula is C13H16N4O. The average molecular weight is 244 g/mol. The van der Waals surface area contributed by atoms with Crippen LogP contribution in [0.2, 0.25) is 0 Å². The minimum atomic E-state index is 0.459. The molecule has 0 aliphatic carbocycles. The highest BCUT2D eigenvalue weighted by Crippen LogP contribution is 2.24. The van der Waals surface area contributed by atoms with E-state index in [1.165, 1.54) is 0 Å². The summed E-state index contributed by atoms with van der Waals surface area (Å²) in [5, 5.41) is 9.06. The van der Waals surface area contributed by atoms with E-state index in [1.807, 2.05) is 25.3 Å². The van der Waals surface area contributed by atoms with Crippen LogP contribution in [-0.4, -0.2) is 9.55 Å². The van der Waals surface area contributed by atoms with Crippen LogP contribution in [0.5, 0.6) is 0 Å². The summed E-state index contributed by atoms with van der Waals surface area (Å²) in [5.41, 5.74) is 8.40. The van der Waals surface area contributed by atoms with Crippen molar-refractivity contribution in [3.05, 3.63) is 34.7 Å². The minimum Gasteiger partial charge on any atom is -0.444 e. The zero-order chi connectivity index (χ0) is 13.3. The minimum absolute atomic E-state index is 0.459. The molecule has 2 aromatic rings. The molecule has 0 bridgehead atoms. The molecule has 5 nitrogen and oxygen atoms in total. The summed E-state index contributed by atoms with van der Waals surface area (Å²) in [6.45, 7) is 6.31. The summed E-state index contributed by atoms with van der Waals surface area (Å²) in [6.07, 6.45) is 2.54. The predicted molar refractivity (Wildman–Crippen MR) is 68.0 cm³/mol. The van der Waals surface area contributed by atoms with Crippen LogP contribution in [0.3, 0.4) is 0 Å². The fourth-order valence-corrected chi connectivity index (χ4v) is 1.96. The topological polar surface area (TPSA) is 80.8 Å². The average Bonchev–Trinajstić information content (AvgIpc) is 2.89. The number of nitrogens with two attached hydrogens (primary N) is 1. The quantitative estimate of drug-likeness (QED) is 0.897. The third-order valence-corrected chi connectivity index (χ3v) is 3.22. The lowest BCUT2D eigenvalue weighted by Crippen LogP contribution is -2.06. The number of rotatable bonds is 3. The van der Waals surface area contributed by atoms with Crippen molar-refractivity contribution in [1.82, 2.24) is 9.55 Å². The van der Waals surface area contributed by atoms with E-state index in [-0.39, 0.29) is 0 Å². The van der Waals surface area contributed by atoms with Gasteiger partial charge in [-0.2, -0.15) is 5.26 Å². The number of aryl methyl sites for hydroxylation is 1. The molecule has 5 heteroatoms. The SMILES string of the molecule is CCc1cnc(Cn2c(C)c(C)c(C#N)c2N)o1. The molecule has 18 heavy (non-hydrogen) atoms. The van der Waals surface area contributed by atoms with Gasteiger partial charge in [-0.15, -0.1) is 0 Å². The van der Waals surface area contributed by atoms with Gasteiger partial charge in [-0.1, -0.05) is 6.92 Å². The molecule has 0 saturated heterocycles. The summed E-state index contributed by atoms with van der Waals surface area (Å²) in [5.74, 6) is 1.94. The number of nitriles is 1. The van der Waals surface area contributed by atoms with Gasteiger partial charge in [0.15, 0.2) is 0 Å². The van der Waals surface area contributed by atoms with E-state index in [1.54, 1.807) is 6.20 Å². The molecule has 0 aliphatic rings. The standard InChI is InChI=1S/C13H16N4O/c1-4-10-6-16-12(18-10)7-17-9(3)8(2)11(5-14)13(17)15/h6H,4,7,15H2,1-3H3. The Labute approximate surface area is 106 Å². The van der Waals surface area contributed by atoms with Crippen molar-refractivity contribution in [2.75, 3.05) is 5.73 Å². The van der Waals surface area contributed by atoms with E-state index < -0.39 is 0 Å². The second-order valence-corrected chi connectivity index (χ2v) is 4.24. The lowest BCUT2D eigenvalue weighted by Gasteiger charge is -2.05. The molecule has 0 aliphatic heterocycles. The molecule has 0 spiro atoms. The largest absolute Gasteiger partial charge is 0.444 e. The Morgan fingerprint density at radius 1 is 1.50 bits per heavy atom. The number of oxazole rings is 1. The zero-order valence-electron chi connectivity index (χ0n) is 10.8. The van der Waals surface area contributed by atoms with Crippen LogP contribution in [0.25, 0.3) is 0 Å². The first-order chi connectivity index (χ1) is 8.58. The maximum Gasteiger partial charge on any atom is 0.214 e. The van der Waals surface area contributed by atoms with Gasteiger partial charge in [0.05, 0.1) is 11.8 Å². The third kappa shape index (κ3) is 1.86. The highest BCUT2D eigenvalue weighted by atomic mass is 16.4. The maximum absolute atomic E-state index is 9.06. The van der Waals surface area contributed by atoms with Gasteiger partial charge in [-0.3, -0.25) is 0 Å². The van der Waals surface area contributed by atoms with E-state index >= 15 is 0 Å². The first-order valence-electron chi connectivity index (χ1n) is 5.87. The third-order valence-electron chi connectivity index (χ3n) is 3.22. The Morgan fingerprint density at radius 2 is 2.22 bits per heavy atom. The Bertz CT molecular complexity index is 616. The fourth-order valence-electron chi connectivity index (χ4n) is 1.96. The van der Waals surface area contributed by atoms with Crippen molar-refractivity contribution in [3.8, 4) is 6.07 Å². The van der Waals surface area contributed by atoms with Crippen molar-refractivity contribution in [3.63, 3.8) is 0 Å². The number of aromatic nitrogens is 2. The van der Waals surface area contributed by atoms with Gasteiger partial charge in [0.25, 0.3) is 0 Å². The van der Waals surface area contributed by atoms with Gasteiger partial charge in [-0.25, -0.2) is 4.98 Å². The molecule has 0 radical (unpaired) electrons. The molecule has 0 aromatic carbocycles. The Morgan fingerprint density at radius 3 is 2.72 bits per heavy atom. The lowest BCUT2D eigenvalue weighted by atomic mass is 10.2. The predicted octanol–water partition coefficient (Wildman–Crippen LogP) is 2.16. The van der Waals surface area contributed by atoms with Crippen molar-refractivity contribution < 1.29 is 4.42 Å². The van der Waals surface area contributed by atoms with Gasteiger partial charge < -0.3 is 14.7 Å². The second kappa shape index (κ2) is 4.57.